The van der Waals surface area contributed by atoms with Gasteiger partial charge in [-0.15, -0.1) is 0 Å². The van der Waals surface area contributed by atoms with Crippen molar-refractivity contribution >= 4 is 0 Å². The van der Waals surface area contributed by atoms with E-state index >= 15 is 0 Å². The second kappa shape index (κ2) is 5.25. The highest BCUT2D eigenvalue weighted by Gasteiger charge is 2.37. The molecule has 3 rings (SSSR count). The number of fused-ring (bicyclic) bond motifs is 2. The number of piperidine rings is 1. The average Bonchev–Trinajstić information content (AvgIpc) is 2.83. The van der Waals surface area contributed by atoms with Crippen LogP contribution in [-0.4, -0.2) is 43.3 Å². The van der Waals surface area contributed by atoms with E-state index in [1.54, 1.807) is 0 Å². The maximum atomic E-state index is 6.01. The predicted molar refractivity (Wildman–Crippen MR) is 68.8 cm³/mol. The summed E-state index contributed by atoms with van der Waals surface area (Å²) in [5, 5.41) is 0. The van der Waals surface area contributed by atoms with Gasteiger partial charge in [0.05, 0.1) is 6.10 Å². The first kappa shape index (κ1) is 11.9. The van der Waals surface area contributed by atoms with Crippen molar-refractivity contribution in [2.24, 2.45) is 17.6 Å². The van der Waals surface area contributed by atoms with Crippen LogP contribution in [0.5, 0.6) is 0 Å². The molecule has 98 valence electrons. The quantitative estimate of drug-likeness (QED) is 0.812. The predicted octanol–water partition coefficient (Wildman–Crippen LogP) is 1.61. The zero-order chi connectivity index (χ0) is 11.7. The number of nitrogens with two attached hydrogens (primary N) is 1. The molecule has 0 aromatic rings. The Hall–Kier alpha value is -0.120. The topological polar surface area (TPSA) is 38.5 Å². The lowest BCUT2D eigenvalue weighted by atomic mass is 9.77. The smallest absolute Gasteiger partial charge is 0.0743 e. The maximum absolute atomic E-state index is 6.01. The molecular weight excluding hydrogens is 212 g/mol. The van der Waals surface area contributed by atoms with Crippen molar-refractivity contribution in [3.05, 3.63) is 0 Å². The van der Waals surface area contributed by atoms with Crippen LogP contribution in [0.2, 0.25) is 0 Å². The van der Waals surface area contributed by atoms with Crippen molar-refractivity contribution in [2.45, 2.75) is 50.7 Å². The van der Waals surface area contributed by atoms with Crippen molar-refractivity contribution in [3.8, 4) is 0 Å². The minimum Gasteiger partial charge on any atom is -0.377 e. The zero-order valence-corrected chi connectivity index (χ0v) is 10.8. The van der Waals surface area contributed by atoms with Crippen LogP contribution in [0.15, 0.2) is 0 Å². The monoisotopic (exact) mass is 238 g/mol. The van der Waals surface area contributed by atoms with Crippen LogP contribution in [0.4, 0.5) is 0 Å². The molecule has 3 aliphatic rings. The molecule has 2 N–H and O–H groups in total. The van der Waals surface area contributed by atoms with Gasteiger partial charge in [-0.25, -0.2) is 0 Å². The Bertz CT molecular complexity index is 241. The highest BCUT2D eigenvalue weighted by Crippen LogP contribution is 2.36. The van der Waals surface area contributed by atoms with Gasteiger partial charge in [0.15, 0.2) is 0 Å². The fourth-order valence-electron chi connectivity index (χ4n) is 4.18. The summed E-state index contributed by atoms with van der Waals surface area (Å²) in [6, 6.07) is 0.487. The van der Waals surface area contributed by atoms with Gasteiger partial charge >= 0.3 is 0 Å². The fourth-order valence-corrected chi connectivity index (χ4v) is 4.18. The van der Waals surface area contributed by atoms with Gasteiger partial charge in [-0.3, -0.25) is 4.90 Å². The first-order valence-electron chi connectivity index (χ1n) is 7.42. The third-order valence-corrected chi connectivity index (χ3v) is 4.98. The molecule has 0 spiro atoms. The first-order valence-corrected chi connectivity index (χ1v) is 7.42. The molecule has 0 radical (unpaired) electrons. The van der Waals surface area contributed by atoms with Crippen LogP contribution in [0, 0.1) is 11.8 Å². The van der Waals surface area contributed by atoms with E-state index < -0.39 is 0 Å². The molecule has 3 heteroatoms. The third kappa shape index (κ3) is 2.51. The highest BCUT2D eigenvalue weighted by atomic mass is 16.5. The number of hydrogen-bond acceptors (Lipinski definition) is 3. The van der Waals surface area contributed by atoms with E-state index in [-0.39, 0.29) is 0 Å². The van der Waals surface area contributed by atoms with E-state index in [2.05, 4.69) is 4.90 Å². The van der Waals surface area contributed by atoms with E-state index in [4.69, 9.17) is 10.5 Å². The Morgan fingerprint density at radius 1 is 1.12 bits per heavy atom. The second-order valence-electron chi connectivity index (χ2n) is 6.21. The number of ether oxygens (including phenoxy) is 1. The van der Waals surface area contributed by atoms with Crippen LogP contribution in [0.25, 0.3) is 0 Å². The van der Waals surface area contributed by atoms with Crippen molar-refractivity contribution in [1.29, 1.82) is 0 Å². The van der Waals surface area contributed by atoms with E-state index in [1.165, 1.54) is 51.6 Å². The zero-order valence-electron chi connectivity index (χ0n) is 10.8. The minimum atomic E-state index is 0.416. The standard InChI is InChI=1S/C14H26N2O/c15-8-13(14-5-2-6-17-14)16-9-11-3-1-4-12(7-11)10-16/h11-14H,1-10,15H2. The van der Waals surface area contributed by atoms with Gasteiger partial charge < -0.3 is 10.5 Å². The molecule has 1 aliphatic carbocycles. The lowest BCUT2D eigenvalue weighted by molar-refractivity contribution is -0.0139. The molecular formula is C14H26N2O. The summed E-state index contributed by atoms with van der Waals surface area (Å²) in [4.78, 5) is 2.66. The van der Waals surface area contributed by atoms with Gasteiger partial charge in [0.25, 0.3) is 0 Å². The van der Waals surface area contributed by atoms with Gasteiger partial charge in [-0.05, 0) is 43.9 Å². The highest BCUT2D eigenvalue weighted by molar-refractivity contribution is 4.91. The minimum absolute atomic E-state index is 0.416. The molecule has 17 heavy (non-hydrogen) atoms. The number of nitrogens with zero attached hydrogens (tertiary/aromatic N) is 1. The van der Waals surface area contributed by atoms with Gasteiger partial charge in [0.1, 0.15) is 0 Å². The van der Waals surface area contributed by atoms with E-state index in [9.17, 15) is 0 Å². The Labute approximate surface area is 105 Å². The van der Waals surface area contributed by atoms with E-state index in [0.29, 0.717) is 12.1 Å². The molecule has 2 aliphatic heterocycles. The summed E-state index contributed by atoms with van der Waals surface area (Å²) in [6.45, 7) is 4.27. The number of rotatable bonds is 3. The Morgan fingerprint density at radius 2 is 1.88 bits per heavy atom. The molecule has 2 bridgehead atoms. The second-order valence-corrected chi connectivity index (χ2v) is 6.21. The SMILES string of the molecule is NCC(C1CCCO1)N1CC2CCCC(C2)C1. The molecule has 3 fully saturated rings. The van der Waals surface area contributed by atoms with Crippen LogP contribution in [-0.2, 0) is 4.74 Å². The van der Waals surface area contributed by atoms with E-state index in [1.807, 2.05) is 0 Å². The molecule has 4 atom stereocenters. The molecule has 2 heterocycles. The lowest BCUT2D eigenvalue weighted by Gasteiger charge is -2.45. The molecule has 0 aromatic heterocycles. The van der Waals surface area contributed by atoms with Crippen LogP contribution in [0.3, 0.4) is 0 Å². The molecule has 1 saturated carbocycles. The van der Waals surface area contributed by atoms with Gasteiger partial charge in [-0.2, -0.15) is 0 Å². The van der Waals surface area contributed by atoms with Crippen molar-refractivity contribution in [3.63, 3.8) is 0 Å². The van der Waals surface area contributed by atoms with Crippen LogP contribution >= 0.6 is 0 Å². The average molecular weight is 238 g/mol. The first-order chi connectivity index (χ1) is 8.36. The lowest BCUT2D eigenvalue weighted by Crippen LogP contribution is -2.54. The summed E-state index contributed by atoms with van der Waals surface area (Å²) < 4.78 is 5.86. The van der Waals surface area contributed by atoms with Gasteiger partial charge in [0, 0.05) is 32.3 Å². The maximum Gasteiger partial charge on any atom is 0.0743 e. The van der Waals surface area contributed by atoms with Crippen molar-refractivity contribution in [1.82, 2.24) is 4.90 Å². The normalized spacial score (nSPS) is 40.4. The van der Waals surface area contributed by atoms with Crippen LogP contribution in [0.1, 0.15) is 38.5 Å². The fraction of sp³-hybridized carbons (Fsp3) is 1.00. The Kier molecular flexibility index (Phi) is 3.69. The third-order valence-electron chi connectivity index (χ3n) is 4.98. The Morgan fingerprint density at radius 3 is 2.47 bits per heavy atom. The van der Waals surface area contributed by atoms with Crippen molar-refractivity contribution in [2.75, 3.05) is 26.2 Å². The molecule has 2 saturated heterocycles. The summed E-state index contributed by atoms with van der Waals surface area (Å²) >= 11 is 0. The Balaban J connectivity index is 1.65. The number of hydrogen-bond donors (Lipinski definition) is 1. The molecule has 4 unspecified atom stereocenters. The van der Waals surface area contributed by atoms with Gasteiger partial charge in [-0.1, -0.05) is 6.42 Å². The largest absolute Gasteiger partial charge is 0.377 e. The van der Waals surface area contributed by atoms with Crippen molar-refractivity contribution < 1.29 is 4.74 Å². The molecule has 0 aromatic carbocycles. The summed E-state index contributed by atoms with van der Waals surface area (Å²) in [5.41, 5.74) is 6.01. The van der Waals surface area contributed by atoms with E-state index in [0.717, 1.165) is 25.0 Å². The molecule has 0 amide bonds. The summed E-state index contributed by atoms with van der Waals surface area (Å²) in [6.07, 6.45) is 8.66. The van der Waals surface area contributed by atoms with Crippen LogP contribution < -0.4 is 5.73 Å². The van der Waals surface area contributed by atoms with Gasteiger partial charge in [0.2, 0.25) is 0 Å². The number of likely N-dealkylation sites (tertiary alicyclic amines) is 1. The summed E-state index contributed by atoms with van der Waals surface area (Å²) in [7, 11) is 0. The summed E-state index contributed by atoms with van der Waals surface area (Å²) in [5.74, 6) is 1.89. The molecule has 3 nitrogen and oxygen atoms in total.